The molecule has 1 fully saturated rings. The smallest absolute Gasteiger partial charge is 0.227 e. The minimum Gasteiger partial charge on any atom is -0.497 e. The molecule has 3 rings (SSSR count). The zero-order chi connectivity index (χ0) is 18.2. The number of carbonyl (C=O) groups excluding carboxylic acids is 1. The minimum absolute atomic E-state index is 0.00990. The van der Waals surface area contributed by atoms with Crippen LogP contribution in [0.4, 0.5) is 0 Å². The number of hydrogen-bond donors (Lipinski definition) is 1. The van der Waals surface area contributed by atoms with E-state index in [1.54, 1.807) is 14.0 Å². The molecule has 5 nitrogen and oxygen atoms in total. The van der Waals surface area contributed by atoms with Gasteiger partial charge in [0, 0.05) is 0 Å². The van der Waals surface area contributed by atoms with E-state index in [1.807, 2.05) is 43.3 Å². The number of rotatable bonds is 4. The Morgan fingerprint density at radius 3 is 2.52 bits per heavy atom. The SMILES string of the molecule is COc1ccc2cc([C@H](C)C(=O)N[C@]3(C)CCS(=O)(=O)C3)ccc2c1. The van der Waals surface area contributed by atoms with Gasteiger partial charge in [0.1, 0.15) is 5.75 Å². The summed E-state index contributed by atoms with van der Waals surface area (Å²) in [6.45, 7) is 3.64. The number of methoxy groups -OCH3 is 1. The zero-order valence-corrected chi connectivity index (χ0v) is 15.5. The van der Waals surface area contributed by atoms with Gasteiger partial charge in [-0.25, -0.2) is 8.42 Å². The van der Waals surface area contributed by atoms with Gasteiger partial charge in [0.15, 0.2) is 9.84 Å². The molecular weight excluding hydrogens is 338 g/mol. The van der Waals surface area contributed by atoms with Crippen molar-refractivity contribution in [2.24, 2.45) is 0 Å². The molecule has 1 amide bonds. The molecule has 25 heavy (non-hydrogen) atoms. The maximum atomic E-state index is 12.6. The summed E-state index contributed by atoms with van der Waals surface area (Å²) in [5.74, 6) is 0.437. The van der Waals surface area contributed by atoms with E-state index >= 15 is 0 Å². The number of amides is 1. The zero-order valence-electron chi connectivity index (χ0n) is 14.7. The summed E-state index contributed by atoms with van der Waals surface area (Å²) >= 11 is 0. The number of benzene rings is 2. The third kappa shape index (κ3) is 3.79. The van der Waals surface area contributed by atoms with Crippen LogP contribution < -0.4 is 10.1 Å². The lowest BCUT2D eigenvalue weighted by Gasteiger charge is -2.26. The van der Waals surface area contributed by atoms with Crippen molar-refractivity contribution < 1.29 is 17.9 Å². The van der Waals surface area contributed by atoms with Gasteiger partial charge in [-0.05, 0) is 48.7 Å². The number of ether oxygens (including phenoxy) is 1. The van der Waals surface area contributed by atoms with Crippen molar-refractivity contribution in [1.29, 1.82) is 0 Å². The van der Waals surface area contributed by atoms with E-state index in [2.05, 4.69) is 5.32 Å². The highest BCUT2D eigenvalue weighted by molar-refractivity contribution is 7.91. The lowest BCUT2D eigenvalue weighted by atomic mass is 9.94. The summed E-state index contributed by atoms with van der Waals surface area (Å²) in [6.07, 6.45) is 0.464. The first kappa shape index (κ1) is 17.7. The average molecular weight is 361 g/mol. The van der Waals surface area contributed by atoms with Crippen molar-refractivity contribution in [2.45, 2.75) is 31.7 Å². The molecule has 0 saturated carbocycles. The van der Waals surface area contributed by atoms with Gasteiger partial charge in [-0.2, -0.15) is 0 Å². The van der Waals surface area contributed by atoms with Crippen LogP contribution in [0, 0.1) is 0 Å². The van der Waals surface area contributed by atoms with Gasteiger partial charge in [0.2, 0.25) is 5.91 Å². The first-order valence-electron chi connectivity index (χ1n) is 8.32. The van der Waals surface area contributed by atoms with E-state index in [1.165, 1.54) is 0 Å². The highest BCUT2D eigenvalue weighted by atomic mass is 32.2. The van der Waals surface area contributed by atoms with Crippen LogP contribution in [0.3, 0.4) is 0 Å². The fourth-order valence-corrected chi connectivity index (χ4v) is 5.40. The molecule has 1 aliphatic rings. The predicted molar refractivity (Wildman–Crippen MR) is 98.7 cm³/mol. The molecule has 2 atom stereocenters. The van der Waals surface area contributed by atoms with E-state index in [0.717, 1.165) is 22.1 Å². The van der Waals surface area contributed by atoms with Gasteiger partial charge in [0.25, 0.3) is 0 Å². The van der Waals surface area contributed by atoms with Gasteiger partial charge in [0.05, 0.1) is 30.1 Å². The van der Waals surface area contributed by atoms with Crippen molar-refractivity contribution >= 4 is 26.5 Å². The monoisotopic (exact) mass is 361 g/mol. The highest BCUT2D eigenvalue weighted by Crippen LogP contribution is 2.27. The number of fused-ring (bicyclic) bond motifs is 1. The van der Waals surface area contributed by atoms with Crippen LogP contribution in [0.15, 0.2) is 36.4 Å². The topological polar surface area (TPSA) is 72.5 Å². The lowest BCUT2D eigenvalue weighted by molar-refractivity contribution is -0.123. The minimum atomic E-state index is -3.05. The molecule has 0 aliphatic carbocycles. The van der Waals surface area contributed by atoms with Gasteiger partial charge >= 0.3 is 0 Å². The number of hydrogen-bond acceptors (Lipinski definition) is 4. The molecule has 134 valence electrons. The number of carbonyl (C=O) groups is 1. The van der Waals surface area contributed by atoms with Crippen molar-refractivity contribution in [2.75, 3.05) is 18.6 Å². The second-order valence-electron chi connectivity index (χ2n) is 7.09. The molecule has 1 heterocycles. The summed E-state index contributed by atoms with van der Waals surface area (Å²) in [7, 11) is -1.42. The van der Waals surface area contributed by atoms with Crippen LogP contribution in [0.2, 0.25) is 0 Å². The summed E-state index contributed by atoms with van der Waals surface area (Å²) in [5.41, 5.74) is 0.230. The van der Waals surface area contributed by atoms with Crippen molar-refractivity contribution in [1.82, 2.24) is 5.32 Å². The maximum Gasteiger partial charge on any atom is 0.227 e. The molecular formula is C19H23NO4S. The van der Waals surface area contributed by atoms with E-state index in [0.29, 0.717) is 6.42 Å². The molecule has 1 saturated heterocycles. The van der Waals surface area contributed by atoms with Crippen LogP contribution in [0.5, 0.6) is 5.75 Å². The van der Waals surface area contributed by atoms with Crippen LogP contribution in [-0.2, 0) is 14.6 Å². The third-order valence-electron chi connectivity index (χ3n) is 4.89. The first-order valence-corrected chi connectivity index (χ1v) is 10.1. The Morgan fingerprint density at radius 2 is 1.88 bits per heavy atom. The Labute approximate surface area is 148 Å². The largest absolute Gasteiger partial charge is 0.497 e. The quantitative estimate of drug-likeness (QED) is 0.909. The van der Waals surface area contributed by atoms with Crippen molar-refractivity contribution in [3.63, 3.8) is 0 Å². The Kier molecular flexibility index (Phi) is 4.49. The van der Waals surface area contributed by atoms with Crippen LogP contribution in [-0.4, -0.2) is 38.5 Å². The summed E-state index contributed by atoms with van der Waals surface area (Å²) < 4.78 is 28.6. The molecule has 1 aliphatic heterocycles. The number of nitrogens with one attached hydrogen (secondary N) is 1. The van der Waals surface area contributed by atoms with Gasteiger partial charge in [-0.15, -0.1) is 0 Å². The van der Waals surface area contributed by atoms with Gasteiger partial charge in [-0.3, -0.25) is 4.79 Å². The lowest BCUT2D eigenvalue weighted by Crippen LogP contribution is -2.48. The van der Waals surface area contributed by atoms with Crippen LogP contribution in [0.25, 0.3) is 10.8 Å². The molecule has 0 radical (unpaired) electrons. The summed E-state index contributed by atoms with van der Waals surface area (Å²) in [6, 6.07) is 11.7. The normalized spacial score (nSPS) is 23.3. The summed E-state index contributed by atoms with van der Waals surface area (Å²) in [5, 5.41) is 5.02. The fraction of sp³-hybridized carbons (Fsp3) is 0.421. The molecule has 6 heteroatoms. The summed E-state index contributed by atoms with van der Waals surface area (Å²) in [4.78, 5) is 12.6. The highest BCUT2D eigenvalue weighted by Gasteiger charge is 2.40. The maximum absolute atomic E-state index is 12.6. The third-order valence-corrected chi connectivity index (χ3v) is 6.80. The second-order valence-corrected chi connectivity index (χ2v) is 9.27. The molecule has 0 spiro atoms. The van der Waals surface area contributed by atoms with Gasteiger partial charge in [-0.1, -0.05) is 24.3 Å². The van der Waals surface area contributed by atoms with Crippen LogP contribution in [0.1, 0.15) is 31.7 Å². The Morgan fingerprint density at radius 1 is 1.20 bits per heavy atom. The molecule has 2 aromatic carbocycles. The average Bonchev–Trinajstić information content (AvgIpc) is 2.85. The molecule has 1 N–H and O–H groups in total. The molecule has 0 aromatic heterocycles. The predicted octanol–water partition coefficient (Wildman–Crippen LogP) is 2.65. The van der Waals surface area contributed by atoms with E-state index < -0.39 is 15.4 Å². The molecule has 0 bridgehead atoms. The fourth-order valence-electron chi connectivity index (χ4n) is 3.30. The van der Waals surface area contributed by atoms with E-state index in [4.69, 9.17) is 4.74 Å². The Balaban J connectivity index is 1.79. The Hall–Kier alpha value is -2.08. The van der Waals surface area contributed by atoms with E-state index in [-0.39, 0.29) is 23.3 Å². The van der Waals surface area contributed by atoms with Crippen molar-refractivity contribution in [3.05, 3.63) is 42.0 Å². The molecule has 0 unspecified atom stereocenters. The first-order chi connectivity index (χ1) is 11.7. The molecule has 2 aromatic rings. The Bertz CT molecular complexity index is 922. The second kappa shape index (κ2) is 6.33. The number of sulfone groups is 1. The van der Waals surface area contributed by atoms with Crippen LogP contribution >= 0.6 is 0 Å². The van der Waals surface area contributed by atoms with Gasteiger partial charge < -0.3 is 10.1 Å². The van der Waals surface area contributed by atoms with E-state index in [9.17, 15) is 13.2 Å². The standard InChI is InChI=1S/C19H23NO4S/c1-13(18(21)20-19(2)8-9-25(22,23)12-19)14-4-5-16-11-17(24-3)7-6-15(16)10-14/h4-7,10-11,13H,8-9,12H2,1-3H3,(H,20,21)/t13-,19+/m0/s1. The van der Waals surface area contributed by atoms with Crippen molar-refractivity contribution in [3.8, 4) is 5.75 Å².